The molecule has 48 valence electrons. The summed E-state index contributed by atoms with van der Waals surface area (Å²) in [6, 6.07) is 0. The van der Waals surface area contributed by atoms with Gasteiger partial charge in [-0.15, -0.1) is 0 Å². The minimum atomic E-state index is -0.0173. The van der Waals surface area contributed by atoms with Crippen molar-refractivity contribution in [1.29, 1.82) is 0 Å². The molecule has 0 radical (unpaired) electrons. The van der Waals surface area contributed by atoms with Crippen molar-refractivity contribution in [1.82, 2.24) is 10.2 Å². The van der Waals surface area contributed by atoms with Gasteiger partial charge in [-0.05, 0) is 14.1 Å². The molecule has 0 bridgehead atoms. The molecule has 0 fully saturated rings. The monoisotopic (exact) mass is 228 g/mol. The largest absolute Gasteiger partial charge is 0.335 e. The quantitative estimate of drug-likeness (QED) is 0.325. The van der Waals surface area contributed by atoms with E-state index in [1.807, 2.05) is 19.0 Å². The van der Waals surface area contributed by atoms with Crippen LogP contribution < -0.4 is 5.32 Å². The number of nitrogens with one attached hydrogen (secondary N) is 1. The molecule has 0 aromatic heterocycles. The molecule has 0 spiro atoms. The number of hydrogen-bond acceptors (Lipinski definition) is 2. The van der Waals surface area contributed by atoms with E-state index in [4.69, 9.17) is 0 Å². The molecule has 0 aromatic rings. The van der Waals surface area contributed by atoms with E-state index in [2.05, 4.69) is 5.32 Å². The normalized spacial score (nSPS) is 9.50. The van der Waals surface area contributed by atoms with Gasteiger partial charge in [0, 0.05) is 22.6 Å². The molecule has 0 saturated carbocycles. The Morgan fingerprint density at radius 2 is 2.25 bits per heavy atom. The van der Waals surface area contributed by atoms with Crippen molar-refractivity contribution in [2.75, 3.05) is 20.8 Å². The second kappa shape index (κ2) is 4.08. The molecule has 8 heavy (non-hydrogen) atoms. The maximum absolute atomic E-state index is 10.2. The highest BCUT2D eigenvalue weighted by Crippen LogP contribution is 1.81. The van der Waals surface area contributed by atoms with Crippen LogP contribution in [0.25, 0.3) is 0 Å². The zero-order valence-corrected chi connectivity index (χ0v) is 7.10. The number of hydrogen-bond donors (Lipinski definition) is 1. The molecule has 0 aromatic carbocycles. The Balaban J connectivity index is 3.05. The van der Waals surface area contributed by atoms with Gasteiger partial charge in [-0.2, -0.15) is 0 Å². The Kier molecular flexibility index (Phi) is 4.16. The van der Waals surface area contributed by atoms with Gasteiger partial charge in [0.25, 0.3) is 3.91 Å². The van der Waals surface area contributed by atoms with Crippen LogP contribution in [0.1, 0.15) is 0 Å². The SMILES string of the molecule is CN(C)CNC(=O)I. The lowest BCUT2D eigenvalue weighted by atomic mass is 10.9. The first-order valence-corrected chi connectivity index (χ1v) is 3.29. The lowest BCUT2D eigenvalue weighted by Gasteiger charge is -2.07. The van der Waals surface area contributed by atoms with Gasteiger partial charge in [0.15, 0.2) is 0 Å². The van der Waals surface area contributed by atoms with E-state index in [-0.39, 0.29) is 3.91 Å². The molecule has 4 heteroatoms. The van der Waals surface area contributed by atoms with Crippen LogP contribution in [0.15, 0.2) is 0 Å². The van der Waals surface area contributed by atoms with Crippen LogP contribution in [0.2, 0.25) is 0 Å². The van der Waals surface area contributed by atoms with Crippen molar-refractivity contribution in [2.24, 2.45) is 0 Å². The number of carbonyl (C=O) groups excluding carboxylic acids is 1. The highest BCUT2D eigenvalue weighted by Gasteiger charge is 1.90. The summed E-state index contributed by atoms with van der Waals surface area (Å²) >= 11 is 1.70. The van der Waals surface area contributed by atoms with Gasteiger partial charge in [0.2, 0.25) is 0 Å². The van der Waals surface area contributed by atoms with E-state index < -0.39 is 0 Å². The summed E-state index contributed by atoms with van der Waals surface area (Å²) in [5.74, 6) is 0. The van der Waals surface area contributed by atoms with E-state index in [0.29, 0.717) is 6.67 Å². The predicted octanol–water partition coefficient (Wildman–Crippen LogP) is 0.650. The molecule has 0 aliphatic heterocycles. The summed E-state index contributed by atoms with van der Waals surface area (Å²) in [4.78, 5) is 12.1. The molecule has 0 rings (SSSR count). The number of amides is 1. The van der Waals surface area contributed by atoms with Crippen molar-refractivity contribution in [3.8, 4) is 0 Å². The fourth-order valence-corrected chi connectivity index (χ4v) is 0.391. The van der Waals surface area contributed by atoms with Crippen LogP contribution in [-0.2, 0) is 0 Å². The third-order valence-electron chi connectivity index (χ3n) is 0.534. The topological polar surface area (TPSA) is 32.3 Å². The van der Waals surface area contributed by atoms with E-state index in [1.54, 1.807) is 22.6 Å². The Morgan fingerprint density at radius 3 is 2.38 bits per heavy atom. The second-order valence-electron chi connectivity index (χ2n) is 1.69. The highest BCUT2D eigenvalue weighted by atomic mass is 127. The Bertz CT molecular complexity index is 84.1. The minimum absolute atomic E-state index is 0.0173. The summed E-state index contributed by atoms with van der Waals surface area (Å²) < 4.78 is -0.0173. The van der Waals surface area contributed by atoms with Crippen LogP contribution in [0.5, 0.6) is 0 Å². The van der Waals surface area contributed by atoms with E-state index in [0.717, 1.165) is 0 Å². The number of carbonyl (C=O) groups is 1. The molecule has 3 nitrogen and oxygen atoms in total. The summed E-state index contributed by atoms with van der Waals surface area (Å²) in [7, 11) is 3.79. The first kappa shape index (κ1) is 8.16. The molecule has 0 aliphatic carbocycles. The van der Waals surface area contributed by atoms with Crippen LogP contribution in [0, 0.1) is 0 Å². The van der Waals surface area contributed by atoms with Crippen molar-refractivity contribution in [3.05, 3.63) is 0 Å². The van der Waals surface area contributed by atoms with E-state index >= 15 is 0 Å². The maximum atomic E-state index is 10.2. The summed E-state index contributed by atoms with van der Waals surface area (Å²) in [6.07, 6.45) is 0. The van der Waals surface area contributed by atoms with Crippen molar-refractivity contribution in [2.45, 2.75) is 0 Å². The summed E-state index contributed by atoms with van der Waals surface area (Å²) in [5.41, 5.74) is 0. The lowest BCUT2D eigenvalue weighted by molar-refractivity contribution is 0.256. The number of rotatable bonds is 2. The fraction of sp³-hybridized carbons (Fsp3) is 0.750. The zero-order chi connectivity index (χ0) is 6.57. The average molecular weight is 228 g/mol. The molecule has 0 heterocycles. The smallest absolute Gasteiger partial charge is 0.281 e. The maximum Gasteiger partial charge on any atom is 0.281 e. The van der Waals surface area contributed by atoms with Crippen molar-refractivity contribution < 1.29 is 4.79 Å². The molecule has 0 atom stereocenters. The molecule has 1 amide bonds. The van der Waals surface area contributed by atoms with Crippen LogP contribution in [0.3, 0.4) is 0 Å². The van der Waals surface area contributed by atoms with E-state index in [9.17, 15) is 4.79 Å². The second-order valence-corrected chi connectivity index (χ2v) is 2.67. The highest BCUT2D eigenvalue weighted by molar-refractivity contribution is 14.1. The van der Waals surface area contributed by atoms with Gasteiger partial charge in [0.1, 0.15) is 0 Å². The molecular weight excluding hydrogens is 219 g/mol. The lowest BCUT2D eigenvalue weighted by Crippen LogP contribution is -2.29. The molecule has 0 saturated heterocycles. The summed E-state index contributed by atoms with van der Waals surface area (Å²) in [5, 5.41) is 2.62. The van der Waals surface area contributed by atoms with Gasteiger partial charge in [-0.3, -0.25) is 9.69 Å². The summed E-state index contributed by atoms with van der Waals surface area (Å²) in [6.45, 7) is 0.613. The van der Waals surface area contributed by atoms with Crippen LogP contribution in [0.4, 0.5) is 4.79 Å². The minimum Gasteiger partial charge on any atom is -0.335 e. The molecule has 0 unspecified atom stereocenters. The van der Waals surface area contributed by atoms with Gasteiger partial charge in [-0.25, -0.2) is 0 Å². The van der Waals surface area contributed by atoms with Crippen molar-refractivity contribution >= 4 is 26.5 Å². The van der Waals surface area contributed by atoms with Gasteiger partial charge >= 0.3 is 0 Å². The molecule has 0 aliphatic rings. The van der Waals surface area contributed by atoms with Crippen molar-refractivity contribution in [3.63, 3.8) is 0 Å². The first-order valence-electron chi connectivity index (χ1n) is 2.21. The average Bonchev–Trinajstić information content (AvgIpc) is 1.61. The molecular formula is C4H9IN2O. The zero-order valence-electron chi connectivity index (χ0n) is 4.94. The van der Waals surface area contributed by atoms with Gasteiger partial charge in [-0.1, -0.05) is 0 Å². The standard InChI is InChI=1S/C4H9IN2O/c1-7(2)3-6-4(5)8/h3H2,1-2H3,(H,6,8). The predicted molar refractivity (Wildman–Crippen MR) is 41.1 cm³/mol. The number of halogens is 1. The fourth-order valence-electron chi connectivity index (χ4n) is 0.220. The Labute approximate surface area is 62.6 Å². The molecule has 1 N–H and O–H groups in total. The first-order chi connectivity index (χ1) is 3.63. The third kappa shape index (κ3) is 6.16. The van der Waals surface area contributed by atoms with Crippen LogP contribution >= 0.6 is 22.6 Å². The third-order valence-corrected chi connectivity index (χ3v) is 0.916. The van der Waals surface area contributed by atoms with Crippen LogP contribution in [-0.4, -0.2) is 29.6 Å². The van der Waals surface area contributed by atoms with E-state index in [1.165, 1.54) is 0 Å². The van der Waals surface area contributed by atoms with Gasteiger partial charge < -0.3 is 5.32 Å². The Morgan fingerprint density at radius 1 is 1.75 bits per heavy atom. The Hall–Kier alpha value is 0.160. The van der Waals surface area contributed by atoms with Gasteiger partial charge in [0.05, 0.1) is 6.67 Å². The number of nitrogens with zero attached hydrogens (tertiary/aromatic N) is 1.